The Morgan fingerprint density at radius 1 is 1.27 bits per heavy atom. The highest BCUT2D eigenvalue weighted by molar-refractivity contribution is 5.92. The molecule has 33 heavy (non-hydrogen) atoms. The van der Waals surface area contributed by atoms with Crippen molar-refractivity contribution in [3.8, 4) is 0 Å². The molecule has 0 aromatic heterocycles. The minimum Gasteiger partial charge on any atom is -0.383 e. The zero-order chi connectivity index (χ0) is 24.5. The number of nitrogens with one attached hydrogen (secondary N) is 1. The highest BCUT2D eigenvalue weighted by Crippen LogP contribution is 2.31. The standard InChI is InChI=1S/C25H45N3O5/c1-20(18-29)22(30)9-11-24(2,33-5)10-7-15-27(3)25(19-32-4)12-16-28(17-13-25)23(31)21-8-6-14-26-21/h18,20-21,26H,6-17,19H2,1-5H3/t20?,21-,24-/m1/s1. The van der Waals surface area contributed by atoms with Crippen LogP contribution in [0.3, 0.4) is 0 Å². The molecule has 0 radical (unpaired) electrons. The molecule has 0 spiro atoms. The van der Waals surface area contributed by atoms with Crippen molar-refractivity contribution in [3.05, 3.63) is 0 Å². The number of hydrogen-bond acceptors (Lipinski definition) is 7. The molecule has 1 amide bonds. The molecule has 8 nitrogen and oxygen atoms in total. The average Bonchev–Trinajstić information content (AvgIpc) is 3.37. The lowest BCUT2D eigenvalue weighted by Gasteiger charge is -2.47. The van der Waals surface area contributed by atoms with Gasteiger partial charge >= 0.3 is 0 Å². The number of ether oxygens (including phenoxy) is 2. The maximum atomic E-state index is 12.8. The number of hydrogen-bond donors (Lipinski definition) is 1. The number of carbonyl (C=O) groups is 3. The third-order valence-electron chi connectivity index (χ3n) is 7.89. The summed E-state index contributed by atoms with van der Waals surface area (Å²) in [5.41, 5.74) is -0.467. The maximum Gasteiger partial charge on any atom is 0.239 e. The van der Waals surface area contributed by atoms with Crippen LogP contribution in [0.1, 0.15) is 65.2 Å². The molecule has 2 aliphatic rings. The fourth-order valence-corrected chi connectivity index (χ4v) is 5.11. The summed E-state index contributed by atoms with van der Waals surface area (Å²) in [6, 6.07) is -0.00854. The second-order valence-electron chi connectivity index (χ2n) is 10.2. The summed E-state index contributed by atoms with van der Waals surface area (Å²) in [5, 5.41) is 3.32. The number of nitrogens with zero attached hydrogens (tertiary/aromatic N) is 2. The van der Waals surface area contributed by atoms with Crippen LogP contribution < -0.4 is 5.32 Å². The van der Waals surface area contributed by atoms with Gasteiger partial charge in [0.15, 0.2) is 0 Å². The number of carbonyl (C=O) groups excluding carboxylic acids is 3. The van der Waals surface area contributed by atoms with Gasteiger partial charge in [-0.3, -0.25) is 14.5 Å². The monoisotopic (exact) mass is 467 g/mol. The molecule has 0 saturated carbocycles. The fraction of sp³-hybridized carbons (Fsp3) is 0.880. The van der Waals surface area contributed by atoms with Gasteiger partial charge in [-0.25, -0.2) is 0 Å². The molecule has 1 N–H and O–H groups in total. The maximum absolute atomic E-state index is 12.8. The first-order chi connectivity index (χ1) is 15.7. The number of ketones is 1. The molecule has 2 heterocycles. The smallest absolute Gasteiger partial charge is 0.239 e. The quantitative estimate of drug-likeness (QED) is 0.309. The lowest BCUT2D eigenvalue weighted by Crippen LogP contribution is -2.59. The van der Waals surface area contributed by atoms with E-state index in [2.05, 4.69) is 17.3 Å². The van der Waals surface area contributed by atoms with E-state index in [1.807, 2.05) is 11.8 Å². The summed E-state index contributed by atoms with van der Waals surface area (Å²) in [6.45, 7) is 7.68. The second kappa shape index (κ2) is 12.9. The first kappa shape index (κ1) is 27.9. The van der Waals surface area contributed by atoms with Gasteiger partial charge in [0, 0.05) is 39.3 Å². The largest absolute Gasteiger partial charge is 0.383 e. The van der Waals surface area contributed by atoms with Crippen molar-refractivity contribution in [2.75, 3.05) is 54.1 Å². The van der Waals surface area contributed by atoms with E-state index in [1.165, 1.54) is 0 Å². The molecule has 2 rings (SSSR count). The average molecular weight is 468 g/mol. The minimum atomic E-state index is -0.548. The van der Waals surface area contributed by atoms with E-state index in [9.17, 15) is 14.4 Å². The van der Waals surface area contributed by atoms with Gasteiger partial charge in [-0.1, -0.05) is 0 Å². The molecule has 0 aliphatic carbocycles. The Morgan fingerprint density at radius 3 is 2.52 bits per heavy atom. The molecule has 0 aromatic carbocycles. The third kappa shape index (κ3) is 7.57. The van der Waals surface area contributed by atoms with E-state index in [4.69, 9.17) is 9.47 Å². The van der Waals surface area contributed by atoms with Crippen LogP contribution in [0.4, 0.5) is 0 Å². The first-order valence-electron chi connectivity index (χ1n) is 12.5. The number of Topliss-reactive ketones (excluding diaryl/α,β-unsaturated/α-hetero) is 1. The molecule has 2 saturated heterocycles. The number of methoxy groups -OCH3 is 2. The summed E-state index contributed by atoms with van der Waals surface area (Å²) in [5.74, 6) is -0.331. The Balaban J connectivity index is 1.86. The summed E-state index contributed by atoms with van der Waals surface area (Å²) in [4.78, 5) is 40.1. The van der Waals surface area contributed by atoms with Crippen LogP contribution >= 0.6 is 0 Å². The highest BCUT2D eigenvalue weighted by Gasteiger charge is 2.40. The van der Waals surface area contributed by atoms with E-state index in [0.29, 0.717) is 25.7 Å². The molecule has 0 bridgehead atoms. The summed E-state index contributed by atoms with van der Waals surface area (Å²) in [6.07, 6.45) is 7.25. The lowest BCUT2D eigenvalue weighted by atomic mass is 9.85. The van der Waals surface area contributed by atoms with Crippen LogP contribution in [0.5, 0.6) is 0 Å². The number of likely N-dealkylation sites (N-methyl/N-ethyl adjacent to an activating group) is 1. The lowest BCUT2D eigenvalue weighted by molar-refractivity contribution is -0.136. The van der Waals surface area contributed by atoms with Crippen LogP contribution in [0.25, 0.3) is 0 Å². The Labute approximate surface area is 199 Å². The predicted octanol–water partition coefficient (Wildman–Crippen LogP) is 2.05. The summed E-state index contributed by atoms with van der Waals surface area (Å²) < 4.78 is 11.4. The Kier molecular flexibility index (Phi) is 10.9. The van der Waals surface area contributed by atoms with Crippen molar-refractivity contribution < 1.29 is 23.9 Å². The van der Waals surface area contributed by atoms with E-state index < -0.39 is 11.5 Å². The molecule has 2 fully saturated rings. The van der Waals surface area contributed by atoms with Crippen molar-refractivity contribution in [1.29, 1.82) is 0 Å². The van der Waals surface area contributed by atoms with Crippen LogP contribution in [-0.2, 0) is 23.9 Å². The van der Waals surface area contributed by atoms with E-state index in [-0.39, 0.29) is 23.3 Å². The first-order valence-corrected chi connectivity index (χ1v) is 12.5. The Bertz CT molecular complexity index is 644. The van der Waals surface area contributed by atoms with Gasteiger partial charge in [0.2, 0.25) is 5.91 Å². The summed E-state index contributed by atoms with van der Waals surface area (Å²) >= 11 is 0. The number of piperidine rings is 1. The SMILES string of the molecule is COCC1(N(C)CCC[C@](C)(CCC(=O)C(C)C=O)OC)CCN(C(=O)[C@H]2CCCN2)CC1. The van der Waals surface area contributed by atoms with Crippen LogP contribution in [0.15, 0.2) is 0 Å². The van der Waals surface area contributed by atoms with Crippen molar-refractivity contribution >= 4 is 18.0 Å². The predicted molar refractivity (Wildman–Crippen MR) is 128 cm³/mol. The zero-order valence-corrected chi connectivity index (χ0v) is 21.4. The number of likely N-dealkylation sites (tertiary alicyclic amines) is 1. The zero-order valence-electron chi connectivity index (χ0n) is 21.4. The van der Waals surface area contributed by atoms with Crippen LogP contribution in [0, 0.1) is 5.92 Å². The van der Waals surface area contributed by atoms with Crippen molar-refractivity contribution in [2.24, 2.45) is 5.92 Å². The van der Waals surface area contributed by atoms with E-state index in [1.54, 1.807) is 21.1 Å². The second-order valence-corrected chi connectivity index (χ2v) is 10.2. The van der Waals surface area contributed by atoms with Gasteiger partial charge in [-0.2, -0.15) is 0 Å². The van der Waals surface area contributed by atoms with E-state index >= 15 is 0 Å². The normalized spacial score (nSPS) is 23.3. The van der Waals surface area contributed by atoms with Crippen LogP contribution in [0.2, 0.25) is 0 Å². The van der Waals surface area contributed by atoms with Gasteiger partial charge in [0.1, 0.15) is 12.1 Å². The number of rotatable bonds is 14. The van der Waals surface area contributed by atoms with Gasteiger partial charge in [-0.05, 0) is 78.9 Å². The van der Waals surface area contributed by atoms with E-state index in [0.717, 1.165) is 64.7 Å². The fourth-order valence-electron chi connectivity index (χ4n) is 5.11. The third-order valence-corrected chi connectivity index (χ3v) is 7.89. The van der Waals surface area contributed by atoms with Crippen molar-refractivity contribution in [3.63, 3.8) is 0 Å². The topological polar surface area (TPSA) is 88.2 Å². The van der Waals surface area contributed by atoms with Gasteiger partial charge in [0.25, 0.3) is 0 Å². The molecule has 0 aromatic rings. The van der Waals surface area contributed by atoms with Gasteiger partial charge in [0.05, 0.1) is 24.2 Å². The molecule has 8 heteroatoms. The van der Waals surface area contributed by atoms with Gasteiger partial charge < -0.3 is 24.5 Å². The summed E-state index contributed by atoms with van der Waals surface area (Å²) in [7, 11) is 5.58. The molecule has 3 atom stereocenters. The van der Waals surface area contributed by atoms with Gasteiger partial charge in [-0.15, -0.1) is 0 Å². The number of amides is 1. The highest BCUT2D eigenvalue weighted by atomic mass is 16.5. The molecular formula is C25H45N3O5. The Hall–Kier alpha value is -1.35. The minimum absolute atomic E-state index is 0.00854. The van der Waals surface area contributed by atoms with Crippen LogP contribution in [-0.4, -0.2) is 99.0 Å². The number of aldehydes is 1. The molecule has 190 valence electrons. The molecular weight excluding hydrogens is 422 g/mol. The molecule has 1 unspecified atom stereocenters. The van der Waals surface area contributed by atoms with Crippen molar-refractivity contribution in [1.82, 2.24) is 15.1 Å². The van der Waals surface area contributed by atoms with Crippen molar-refractivity contribution in [2.45, 2.75) is 82.4 Å². The Morgan fingerprint density at radius 2 is 1.97 bits per heavy atom. The molecule has 2 aliphatic heterocycles.